The van der Waals surface area contributed by atoms with Gasteiger partial charge in [0.1, 0.15) is 0 Å². The molecule has 0 aliphatic carbocycles. The lowest BCUT2D eigenvalue weighted by Gasteiger charge is -2.35. The van der Waals surface area contributed by atoms with E-state index in [1.165, 1.54) is 0 Å². The summed E-state index contributed by atoms with van der Waals surface area (Å²) in [4.78, 5) is 27.1. The van der Waals surface area contributed by atoms with Crippen molar-refractivity contribution in [1.29, 1.82) is 0 Å². The molecule has 2 aromatic carbocycles. The summed E-state index contributed by atoms with van der Waals surface area (Å²) in [7, 11) is 1.81. The van der Waals surface area contributed by atoms with E-state index >= 15 is 0 Å². The number of hydrazine groups is 1. The van der Waals surface area contributed by atoms with Gasteiger partial charge in [0, 0.05) is 26.2 Å². The number of carbonyl (C=O) groups excluding carboxylic acids is 2. The van der Waals surface area contributed by atoms with Crippen molar-refractivity contribution in [2.45, 2.75) is 25.3 Å². The number of amides is 2. The van der Waals surface area contributed by atoms with Gasteiger partial charge in [0.15, 0.2) is 0 Å². The number of para-hydroxylation sites is 2. The fourth-order valence-electron chi connectivity index (χ4n) is 4.12. The summed E-state index contributed by atoms with van der Waals surface area (Å²) in [5.41, 5.74) is 2.94. The van der Waals surface area contributed by atoms with Crippen LogP contribution >= 0.6 is 0 Å². The number of fused-ring (bicyclic) bond motifs is 1. The maximum absolute atomic E-state index is 12.9. The highest BCUT2D eigenvalue weighted by Crippen LogP contribution is 2.43. The molecule has 128 valence electrons. The van der Waals surface area contributed by atoms with Crippen molar-refractivity contribution in [3.63, 3.8) is 0 Å². The predicted octanol–water partition coefficient (Wildman–Crippen LogP) is 2.79. The van der Waals surface area contributed by atoms with E-state index in [0.717, 1.165) is 29.9 Å². The summed E-state index contributed by atoms with van der Waals surface area (Å²) < 4.78 is 0. The monoisotopic (exact) mass is 335 g/mol. The normalized spacial score (nSPS) is 22.5. The number of hydrogen-bond acceptors (Lipinski definition) is 3. The van der Waals surface area contributed by atoms with Gasteiger partial charge in [-0.1, -0.05) is 36.4 Å². The van der Waals surface area contributed by atoms with Gasteiger partial charge in [-0.2, -0.15) is 0 Å². The smallest absolute Gasteiger partial charge is 0.238 e. The maximum atomic E-state index is 12.9. The summed E-state index contributed by atoms with van der Waals surface area (Å²) in [6.45, 7) is 2.30. The molecule has 0 bridgehead atoms. The summed E-state index contributed by atoms with van der Waals surface area (Å²) in [6, 6.07) is 17.6. The van der Waals surface area contributed by atoms with Crippen molar-refractivity contribution in [2.75, 3.05) is 23.5 Å². The standard InChI is InChI=1S/C20H21N3O2/c1-14(24)23-18(12-13-22(23)15-8-4-3-5-9-15)19-16-10-6-7-11-17(16)21(2)20(19)25/h3-11,18-19H,12-13H2,1-2H3. The van der Waals surface area contributed by atoms with Gasteiger partial charge in [-0.05, 0) is 30.2 Å². The van der Waals surface area contributed by atoms with Crippen LogP contribution < -0.4 is 9.91 Å². The topological polar surface area (TPSA) is 43.9 Å². The summed E-state index contributed by atoms with van der Waals surface area (Å²) >= 11 is 0. The molecule has 5 nitrogen and oxygen atoms in total. The highest BCUT2D eigenvalue weighted by atomic mass is 16.2. The molecule has 2 aromatic rings. The Morgan fingerprint density at radius 2 is 1.72 bits per heavy atom. The number of carbonyl (C=O) groups is 2. The van der Waals surface area contributed by atoms with Gasteiger partial charge in [-0.3, -0.25) is 14.6 Å². The molecular weight excluding hydrogens is 314 g/mol. The van der Waals surface area contributed by atoms with Crippen molar-refractivity contribution in [2.24, 2.45) is 0 Å². The lowest BCUT2D eigenvalue weighted by Crippen LogP contribution is -2.48. The predicted molar refractivity (Wildman–Crippen MR) is 97.3 cm³/mol. The molecule has 2 atom stereocenters. The second-order valence-electron chi connectivity index (χ2n) is 6.61. The molecule has 0 N–H and O–H groups in total. The number of rotatable bonds is 2. The highest BCUT2D eigenvalue weighted by Gasteiger charge is 2.47. The number of likely N-dealkylation sites (N-methyl/N-ethyl adjacent to an activating group) is 1. The zero-order chi connectivity index (χ0) is 17.6. The zero-order valence-electron chi connectivity index (χ0n) is 14.4. The van der Waals surface area contributed by atoms with Crippen LogP contribution in [-0.4, -0.2) is 36.5 Å². The minimum Gasteiger partial charge on any atom is -0.315 e. The van der Waals surface area contributed by atoms with E-state index in [0.29, 0.717) is 0 Å². The van der Waals surface area contributed by atoms with Crippen LogP contribution in [0.2, 0.25) is 0 Å². The highest BCUT2D eigenvalue weighted by molar-refractivity contribution is 6.05. The molecule has 2 aliphatic heterocycles. The average molecular weight is 335 g/mol. The van der Waals surface area contributed by atoms with Crippen LogP contribution in [0.1, 0.15) is 24.8 Å². The Labute approximate surface area is 147 Å². The lowest BCUT2D eigenvalue weighted by molar-refractivity contribution is -0.131. The maximum Gasteiger partial charge on any atom is 0.238 e. The molecule has 2 aliphatic rings. The molecule has 0 radical (unpaired) electrons. The molecule has 1 fully saturated rings. The van der Waals surface area contributed by atoms with Gasteiger partial charge in [-0.25, -0.2) is 5.01 Å². The fourth-order valence-corrected chi connectivity index (χ4v) is 4.12. The first-order valence-electron chi connectivity index (χ1n) is 8.58. The third-order valence-corrected chi connectivity index (χ3v) is 5.20. The van der Waals surface area contributed by atoms with E-state index in [1.807, 2.05) is 66.7 Å². The van der Waals surface area contributed by atoms with Gasteiger partial charge in [0.05, 0.1) is 17.6 Å². The van der Waals surface area contributed by atoms with E-state index in [9.17, 15) is 9.59 Å². The number of benzene rings is 2. The van der Waals surface area contributed by atoms with Crippen molar-refractivity contribution >= 4 is 23.2 Å². The molecule has 2 amide bonds. The van der Waals surface area contributed by atoms with Crippen LogP contribution in [-0.2, 0) is 9.59 Å². The molecule has 25 heavy (non-hydrogen) atoms. The van der Waals surface area contributed by atoms with E-state index < -0.39 is 0 Å². The second kappa shape index (κ2) is 5.92. The minimum absolute atomic E-state index is 0.0359. The molecule has 1 saturated heterocycles. The molecule has 4 rings (SSSR count). The van der Waals surface area contributed by atoms with Crippen LogP contribution in [0.15, 0.2) is 54.6 Å². The van der Waals surface area contributed by atoms with Crippen molar-refractivity contribution in [3.8, 4) is 0 Å². The second-order valence-corrected chi connectivity index (χ2v) is 6.61. The SMILES string of the molecule is CC(=O)N1C(C2C(=O)N(C)c3ccccc32)CCN1c1ccccc1. The Balaban J connectivity index is 1.73. The van der Waals surface area contributed by atoms with E-state index in [1.54, 1.807) is 16.8 Å². The molecule has 0 saturated carbocycles. The van der Waals surface area contributed by atoms with Crippen LogP contribution in [0, 0.1) is 0 Å². The Bertz CT molecular complexity index is 821. The lowest BCUT2D eigenvalue weighted by atomic mass is 9.91. The van der Waals surface area contributed by atoms with Crippen LogP contribution in [0.5, 0.6) is 0 Å². The van der Waals surface area contributed by atoms with Crippen LogP contribution in [0.3, 0.4) is 0 Å². The third-order valence-electron chi connectivity index (χ3n) is 5.20. The Morgan fingerprint density at radius 3 is 2.44 bits per heavy atom. The van der Waals surface area contributed by atoms with Crippen molar-refractivity contribution in [1.82, 2.24) is 5.01 Å². The molecule has 2 unspecified atom stereocenters. The Kier molecular flexibility index (Phi) is 3.71. The molecule has 5 heteroatoms. The van der Waals surface area contributed by atoms with Gasteiger partial charge >= 0.3 is 0 Å². The van der Waals surface area contributed by atoms with E-state index in [2.05, 4.69) is 0 Å². The average Bonchev–Trinajstić information content (AvgIpc) is 3.16. The first kappa shape index (κ1) is 15.7. The quantitative estimate of drug-likeness (QED) is 0.848. The minimum atomic E-state index is -0.307. The van der Waals surface area contributed by atoms with Gasteiger partial charge in [0.2, 0.25) is 11.8 Å². The summed E-state index contributed by atoms with van der Waals surface area (Å²) in [5.74, 6) is -0.280. The van der Waals surface area contributed by atoms with Gasteiger partial charge in [-0.15, -0.1) is 0 Å². The Morgan fingerprint density at radius 1 is 1.04 bits per heavy atom. The molecule has 0 spiro atoms. The Hall–Kier alpha value is -2.82. The summed E-state index contributed by atoms with van der Waals surface area (Å²) in [6.07, 6.45) is 0.771. The number of nitrogens with zero attached hydrogens (tertiary/aromatic N) is 3. The zero-order valence-corrected chi connectivity index (χ0v) is 14.4. The van der Waals surface area contributed by atoms with Gasteiger partial charge < -0.3 is 4.90 Å². The fraction of sp³-hybridized carbons (Fsp3) is 0.300. The number of anilines is 2. The molecular formula is C20H21N3O2. The third kappa shape index (κ3) is 2.38. The molecule has 0 aromatic heterocycles. The van der Waals surface area contributed by atoms with Gasteiger partial charge in [0.25, 0.3) is 0 Å². The van der Waals surface area contributed by atoms with Crippen LogP contribution in [0.25, 0.3) is 0 Å². The van der Waals surface area contributed by atoms with Crippen molar-refractivity contribution in [3.05, 3.63) is 60.2 Å². The first-order chi connectivity index (χ1) is 12.1. The van der Waals surface area contributed by atoms with E-state index in [4.69, 9.17) is 0 Å². The van der Waals surface area contributed by atoms with E-state index in [-0.39, 0.29) is 23.8 Å². The summed E-state index contributed by atoms with van der Waals surface area (Å²) in [5, 5.41) is 3.77. The molecule has 2 heterocycles. The number of hydrogen-bond donors (Lipinski definition) is 0. The van der Waals surface area contributed by atoms with Crippen molar-refractivity contribution < 1.29 is 9.59 Å². The largest absolute Gasteiger partial charge is 0.315 e. The first-order valence-corrected chi connectivity index (χ1v) is 8.58. The van der Waals surface area contributed by atoms with Crippen LogP contribution in [0.4, 0.5) is 11.4 Å².